The Balaban J connectivity index is 2.32. The number of alkyl halides is 3. The fourth-order valence-electron chi connectivity index (χ4n) is 1.22. The molecule has 0 radical (unpaired) electrons. The van der Waals surface area contributed by atoms with Crippen LogP contribution in [0.1, 0.15) is 16.2 Å². The van der Waals surface area contributed by atoms with Crippen molar-refractivity contribution in [1.82, 2.24) is 9.36 Å². The molecule has 0 fully saturated rings. The quantitative estimate of drug-likeness (QED) is 0.882. The van der Waals surface area contributed by atoms with Crippen molar-refractivity contribution in [2.24, 2.45) is 0 Å². The SMILES string of the molecule is O=C(O)c1ccc(F)cc1Oc1nc(C(F)(F)F)ns1. The van der Waals surface area contributed by atoms with E-state index in [1.807, 2.05) is 0 Å². The minimum Gasteiger partial charge on any atom is -0.478 e. The maximum atomic E-state index is 13.0. The molecule has 2 aromatic rings. The lowest BCUT2D eigenvalue weighted by Crippen LogP contribution is -2.07. The van der Waals surface area contributed by atoms with E-state index in [0.717, 1.165) is 18.2 Å². The molecule has 1 aromatic carbocycles. The van der Waals surface area contributed by atoms with Gasteiger partial charge in [0.15, 0.2) is 0 Å². The second-order valence-corrected chi connectivity index (χ2v) is 4.14. The van der Waals surface area contributed by atoms with E-state index in [0.29, 0.717) is 0 Å². The van der Waals surface area contributed by atoms with Crippen LogP contribution in [0, 0.1) is 5.82 Å². The highest BCUT2D eigenvalue weighted by Crippen LogP contribution is 2.32. The Morgan fingerprint density at radius 1 is 1.35 bits per heavy atom. The number of carboxylic acid groups (broad SMARTS) is 1. The van der Waals surface area contributed by atoms with Crippen LogP contribution in [-0.4, -0.2) is 20.4 Å². The van der Waals surface area contributed by atoms with Crippen molar-refractivity contribution < 1.29 is 32.2 Å². The third kappa shape index (κ3) is 3.02. The minimum absolute atomic E-state index is 0.279. The Labute approximate surface area is 112 Å². The van der Waals surface area contributed by atoms with Crippen LogP contribution in [0.3, 0.4) is 0 Å². The van der Waals surface area contributed by atoms with Crippen LogP contribution in [0.15, 0.2) is 18.2 Å². The fraction of sp³-hybridized carbons (Fsp3) is 0.100. The highest BCUT2D eigenvalue weighted by atomic mass is 32.1. The van der Waals surface area contributed by atoms with Crippen LogP contribution in [0.25, 0.3) is 0 Å². The topological polar surface area (TPSA) is 72.3 Å². The van der Waals surface area contributed by atoms with Crippen LogP contribution in [0.4, 0.5) is 17.6 Å². The molecule has 0 amide bonds. The zero-order valence-electron chi connectivity index (χ0n) is 9.31. The first kappa shape index (κ1) is 14.2. The van der Waals surface area contributed by atoms with E-state index in [2.05, 4.69) is 9.36 Å². The van der Waals surface area contributed by atoms with Gasteiger partial charge in [0.25, 0.3) is 11.0 Å². The largest absolute Gasteiger partial charge is 0.478 e. The Hall–Kier alpha value is -2.23. The van der Waals surface area contributed by atoms with Gasteiger partial charge in [-0.3, -0.25) is 0 Å². The van der Waals surface area contributed by atoms with Crippen molar-refractivity contribution in [3.63, 3.8) is 0 Å². The number of carboxylic acids is 1. The molecule has 20 heavy (non-hydrogen) atoms. The zero-order valence-corrected chi connectivity index (χ0v) is 10.1. The van der Waals surface area contributed by atoms with Gasteiger partial charge in [0.05, 0.1) is 0 Å². The number of benzene rings is 1. The van der Waals surface area contributed by atoms with Crippen molar-refractivity contribution in [2.75, 3.05) is 0 Å². The summed E-state index contributed by atoms with van der Waals surface area (Å²) in [6.07, 6.45) is -4.74. The lowest BCUT2D eigenvalue weighted by molar-refractivity contribution is -0.144. The van der Waals surface area contributed by atoms with E-state index in [1.165, 1.54) is 0 Å². The van der Waals surface area contributed by atoms with Crippen LogP contribution in [0.2, 0.25) is 0 Å². The molecule has 0 aliphatic carbocycles. The maximum absolute atomic E-state index is 13.0. The first-order valence-corrected chi connectivity index (χ1v) is 5.66. The van der Waals surface area contributed by atoms with E-state index in [4.69, 9.17) is 9.84 Å². The molecule has 0 aliphatic rings. The predicted octanol–water partition coefficient (Wildman–Crippen LogP) is 3.19. The van der Waals surface area contributed by atoms with E-state index in [9.17, 15) is 22.4 Å². The number of aromatic nitrogens is 2. The second kappa shape index (κ2) is 5.04. The summed E-state index contributed by atoms with van der Waals surface area (Å²) in [5, 5.41) is 8.32. The molecule has 0 bridgehead atoms. The van der Waals surface area contributed by atoms with E-state index in [-0.39, 0.29) is 11.5 Å². The number of hydrogen-bond acceptors (Lipinski definition) is 5. The van der Waals surface area contributed by atoms with Gasteiger partial charge in [-0.05, 0) is 12.1 Å². The summed E-state index contributed by atoms with van der Waals surface area (Å²) in [6.45, 7) is 0. The first-order valence-electron chi connectivity index (χ1n) is 4.89. The lowest BCUT2D eigenvalue weighted by atomic mass is 10.2. The van der Waals surface area contributed by atoms with Crippen molar-refractivity contribution in [1.29, 1.82) is 0 Å². The summed E-state index contributed by atoms with van der Waals surface area (Å²) in [4.78, 5) is 13.9. The third-order valence-corrected chi connectivity index (χ3v) is 2.63. The number of halogens is 4. The van der Waals surface area contributed by atoms with Gasteiger partial charge in [-0.1, -0.05) is 0 Å². The predicted molar refractivity (Wildman–Crippen MR) is 58.3 cm³/mol. The van der Waals surface area contributed by atoms with Crippen molar-refractivity contribution in [2.45, 2.75) is 6.18 Å². The Morgan fingerprint density at radius 3 is 2.60 bits per heavy atom. The fourth-order valence-corrected chi connectivity index (χ4v) is 1.78. The number of ether oxygens (including phenoxy) is 1. The minimum atomic E-state index is -4.74. The van der Waals surface area contributed by atoms with Crippen molar-refractivity contribution >= 4 is 17.5 Å². The van der Waals surface area contributed by atoms with Gasteiger partial charge in [-0.2, -0.15) is 22.5 Å². The van der Waals surface area contributed by atoms with E-state index >= 15 is 0 Å². The van der Waals surface area contributed by atoms with Crippen LogP contribution < -0.4 is 4.74 Å². The van der Waals surface area contributed by atoms with Gasteiger partial charge in [-0.15, -0.1) is 0 Å². The number of hydrogen-bond donors (Lipinski definition) is 1. The number of aromatic carboxylic acids is 1. The molecule has 1 heterocycles. The second-order valence-electron chi connectivity index (χ2n) is 3.43. The smallest absolute Gasteiger partial charge is 0.452 e. The van der Waals surface area contributed by atoms with Crippen LogP contribution in [0.5, 0.6) is 10.9 Å². The summed E-state index contributed by atoms with van der Waals surface area (Å²) >= 11 is 0.279. The van der Waals surface area contributed by atoms with Crippen LogP contribution in [-0.2, 0) is 6.18 Å². The molecule has 5 nitrogen and oxygen atoms in total. The van der Waals surface area contributed by atoms with E-state index in [1.54, 1.807) is 0 Å². The number of nitrogens with zero attached hydrogens (tertiary/aromatic N) is 2. The Morgan fingerprint density at radius 2 is 2.05 bits per heavy atom. The van der Waals surface area contributed by atoms with Gasteiger partial charge in [0.2, 0.25) is 0 Å². The summed E-state index contributed by atoms with van der Waals surface area (Å²) < 4.78 is 57.7. The summed E-state index contributed by atoms with van der Waals surface area (Å²) in [6, 6.07) is 2.55. The normalized spacial score (nSPS) is 11.4. The summed E-state index contributed by atoms with van der Waals surface area (Å²) in [5.41, 5.74) is -0.407. The van der Waals surface area contributed by atoms with E-state index < -0.39 is 40.3 Å². The van der Waals surface area contributed by atoms with Gasteiger partial charge < -0.3 is 9.84 Å². The molecule has 1 N–H and O–H groups in total. The molecule has 10 heteroatoms. The van der Waals surface area contributed by atoms with Gasteiger partial charge >= 0.3 is 12.1 Å². The first-order chi connectivity index (χ1) is 9.27. The van der Waals surface area contributed by atoms with Gasteiger partial charge in [-0.25, -0.2) is 9.18 Å². The molecule has 0 unspecified atom stereocenters. The zero-order chi connectivity index (χ0) is 14.9. The Kier molecular flexibility index (Phi) is 3.57. The third-order valence-electron chi connectivity index (χ3n) is 2.03. The highest BCUT2D eigenvalue weighted by Gasteiger charge is 2.36. The molecule has 2 rings (SSSR count). The number of carbonyl (C=O) groups is 1. The lowest BCUT2D eigenvalue weighted by Gasteiger charge is -2.05. The Bertz CT molecular complexity index is 656. The van der Waals surface area contributed by atoms with Crippen molar-refractivity contribution in [3.05, 3.63) is 35.4 Å². The molecule has 0 aliphatic heterocycles. The monoisotopic (exact) mass is 308 g/mol. The van der Waals surface area contributed by atoms with Crippen LogP contribution >= 0.6 is 11.5 Å². The number of rotatable bonds is 3. The molecule has 0 saturated heterocycles. The van der Waals surface area contributed by atoms with Gasteiger partial charge in [0, 0.05) is 17.6 Å². The molecule has 1 aromatic heterocycles. The molecular weight excluding hydrogens is 304 g/mol. The standard InChI is InChI=1S/C10H4F4N2O3S/c11-4-1-2-5(7(17)18)6(3-4)19-9-15-8(16-20-9)10(12,13)14/h1-3H,(H,17,18). The molecule has 106 valence electrons. The molecule has 0 saturated carbocycles. The highest BCUT2D eigenvalue weighted by molar-refractivity contribution is 7.07. The average molecular weight is 308 g/mol. The average Bonchev–Trinajstić information content (AvgIpc) is 2.76. The molecule has 0 atom stereocenters. The summed E-state index contributed by atoms with van der Waals surface area (Å²) in [5.74, 6) is -4.08. The molecule has 0 spiro atoms. The maximum Gasteiger partial charge on any atom is 0.452 e. The summed E-state index contributed by atoms with van der Waals surface area (Å²) in [7, 11) is 0. The van der Waals surface area contributed by atoms with Crippen molar-refractivity contribution in [3.8, 4) is 10.9 Å². The van der Waals surface area contributed by atoms with Gasteiger partial charge in [0.1, 0.15) is 17.1 Å². The molecular formula is C10H4F4N2O3S.